The van der Waals surface area contributed by atoms with Crippen molar-refractivity contribution in [2.75, 3.05) is 6.61 Å². The molecular formula is C18H25BrO5. The van der Waals surface area contributed by atoms with Gasteiger partial charge in [0.05, 0.1) is 4.32 Å². The van der Waals surface area contributed by atoms with Gasteiger partial charge in [0.15, 0.2) is 18.2 Å². The molecule has 5 fully saturated rings. The van der Waals surface area contributed by atoms with Crippen molar-refractivity contribution in [2.24, 2.45) is 17.8 Å². The lowest BCUT2D eigenvalue weighted by Crippen LogP contribution is -2.74. The number of hydrogen-bond donors (Lipinski definition) is 0. The van der Waals surface area contributed by atoms with Gasteiger partial charge >= 0.3 is 0 Å². The molecule has 5 aliphatic rings. The van der Waals surface area contributed by atoms with Crippen LogP contribution in [0.5, 0.6) is 0 Å². The van der Waals surface area contributed by atoms with Gasteiger partial charge in [0.25, 0.3) is 0 Å². The molecule has 24 heavy (non-hydrogen) atoms. The van der Waals surface area contributed by atoms with Crippen molar-refractivity contribution in [3.8, 4) is 12.3 Å². The normalized spacial score (nSPS) is 56.2. The molecule has 0 aromatic heterocycles. The molecule has 4 aliphatic heterocycles. The molecule has 0 radical (unpaired) electrons. The molecule has 6 heteroatoms. The summed E-state index contributed by atoms with van der Waals surface area (Å²) >= 11 is 3.88. The second kappa shape index (κ2) is 5.67. The highest BCUT2D eigenvalue weighted by molar-refractivity contribution is 9.10. The molecule has 1 unspecified atom stereocenters. The molecule has 4 heterocycles. The molecular weight excluding hydrogens is 376 g/mol. The molecule has 5 nitrogen and oxygen atoms in total. The number of terminal acetylenes is 1. The van der Waals surface area contributed by atoms with Gasteiger partial charge in [-0.05, 0) is 44.9 Å². The number of halogens is 1. The Balaban J connectivity index is 1.77. The Hall–Kier alpha value is -0.160. The van der Waals surface area contributed by atoms with E-state index in [1.165, 1.54) is 0 Å². The number of fused-ring (bicyclic) bond motifs is 2. The average molecular weight is 401 g/mol. The van der Waals surface area contributed by atoms with Crippen LogP contribution < -0.4 is 0 Å². The second-order valence-corrected chi connectivity index (χ2v) is 9.70. The minimum absolute atomic E-state index is 0.148. The van der Waals surface area contributed by atoms with E-state index in [4.69, 9.17) is 30.4 Å². The topological polar surface area (TPSA) is 46.2 Å². The van der Waals surface area contributed by atoms with Crippen LogP contribution in [0, 0.1) is 30.1 Å². The fraction of sp³-hybridized carbons (Fsp3) is 0.889. The zero-order chi connectivity index (χ0) is 17.2. The van der Waals surface area contributed by atoms with E-state index >= 15 is 0 Å². The van der Waals surface area contributed by atoms with Gasteiger partial charge in [-0.2, -0.15) is 0 Å². The summed E-state index contributed by atoms with van der Waals surface area (Å²) in [6.45, 7) is 6.51. The predicted molar refractivity (Wildman–Crippen MR) is 89.8 cm³/mol. The highest BCUT2D eigenvalue weighted by Gasteiger charge is 2.72. The largest absolute Gasteiger partial charge is 0.338 e. The lowest BCUT2D eigenvalue weighted by Gasteiger charge is -2.62. The first-order chi connectivity index (χ1) is 11.3. The monoisotopic (exact) mass is 400 g/mol. The van der Waals surface area contributed by atoms with Gasteiger partial charge in [-0.25, -0.2) is 9.78 Å². The first-order valence-corrected chi connectivity index (χ1v) is 9.57. The maximum atomic E-state index is 6.27. The van der Waals surface area contributed by atoms with Crippen molar-refractivity contribution in [3.63, 3.8) is 0 Å². The summed E-state index contributed by atoms with van der Waals surface area (Å²) in [5.41, 5.74) is -0.609. The third-order valence-corrected chi connectivity index (χ3v) is 7.35. The maximum Gasteiger partial charge on any atom is 0.201 e. The van der Waals surface area contributed by atoms with E-state index < -0.39 is 28.3 Å². The molecule has 2 bridgehead atoms. The van der Waals surface area contributed by atoms with Gasteiger partial charge in [-0.15, -0.1) is 6.42 Å². The van der Waals surface area contributed by atoms with Crippen molar-refractivity contribution >= 4 is 15.9 Å². The molecule has 134 valence electrons. The van der Waals surface area contributed by atoms with Gasteiger partial charge in [0, 0.05) is 12.3 Å². The van der Waals surface area contributed by atoms with Crippen molar-refractivity contribution < 1.29 is 24.0 Å². The lowest BCUT2D eigenvalue weighted by molar-refractivity contribution is -0.575. The van der Waals surface area contributed by atoms with E-state index in [-0.39, 0.29) is 12.5 Å². The van der Waals surface area contributed by atoms with E-state index in [9.17, 15) is 0 Å². The van der Waals surface area contributed by atoms with Crippen LogP contribution in [0.1, 0.15) is 46.5 Å². The summed E-state index contributed by atoms with van der Waals surface area (Å²) < 4.78 is 17.9. The van der Waals surface area contributed by atoms with Gasteiger partial charge in [-0.1, -0.05) is 28.8 Å². The zero-order valence-electron chi connectivity index (χ0n) is 14.4. The number of ether oxygens (including phenoxy) is 3. The first kappa shape index (κ1) is 17.3. The number of hydrogen-bond acceptors (Lipinski definition) is 5. The van der Waals surface area contributed by atoms with Crippen LogP contribution in [0.4, 0.5) is 0 Å². The van der Waals surface area contributed by atoms with Gasteiger partial charge in [-0.3, -0.25) is 0 Å². The fourth-order valence-electron chi connectivity index (χ4n) is 5.18. The SMILES string of the molecule is C#CCO[C@H]1O[C@@H]2O[C@@]3(C)CC[C@H]4[C@H](C)CC[C@@H](C1(C)Br)[C@@]24OO3. The maximum absolute atomic E-state index is 6.27. The molecule has 0 amide bonds. The summed E-state index contributed by atoms with van der Waals surface area (Å²) in [5, 5.41) is 0. The Morgan fingerprint density at radius 3 is 2.79 bits per heavy atom. The smallest absolute Gasteiger partial charge is 0.201 e. The molecule has 1 aliphatic carbocycles. The van der Waals surface area contributed by atoms with E-state index in [1.807, 2.05) is 6.92 Å². The number of rotatable bonds is 2. The minimum Gasteiger partial charge on any atom is -0.338 e. The summed E-state index contributed by atoms with van der Waals surface area (Å²) in [7, 11) is 0. The third-order valence-electron chi connectivity index (χ3n) is 6.43. The molecule has 8 atom stereocenters. The van der Waals surface area contributed by atoms with Crippen molar-refractivity contribution in [1.29, 1.82) is 0 Å². The van der Waals surface area contributed by atoms with E-state index in [1.54, 1.807) is 0 Å². The molecule has 4 saturated heterocycles. The zero-order valence-corrected chi connectivity index (χ0v) is 16.0. The molecule has 1 spiro atoms. The van der Waals surface area contributed by atoms with E-state index in [0.29, 0.717) is 11.8 Å². The Morgan fingerprint density at radius 2 is 2.04 bits per heavy atom. The van der Waals surface area contributed by atoms with E-state index in [2.05, 4.69) is 35.7 Å². The quantitative estimate of drug-likeness (QED) is 0.404. The van der Waals surface area contributed by atoms with Crippen LogP contribution in [0.25, 0.3) is 0 Å². The predicted octanol–water partition coefficient (Wildman–Crippen LogP) is 3.36. The van der Waals surface area contributed by atoms with E-state index in [0.717, 1.165) is 25.7 Å². The molecule has 5 rings (SSSR count). The molecule has 0 aromatic rings. The van der Waals surface area contributed by atoms with Crippen LogP contribution in [0.3, 0.4) is 0 Å². The molecule has 0 aromatic carbocycles. The fourth-order valence-corrected chi connectivity index (χ4v) is 6.00. The van der Waals surface area contributed by atoms with Gasteiger partial charge < -0.3 is 14.2 Å². The molecule has 0 N–H and O–H groups in total. The number of alkyl halides is 1. The molecule has 1 saturated carbocycles. The summed E-state index contributed by atoms with van der Waals surface area (Å²) in [6, 6.07) is 0. The van der Waals surface area contributed by atoms with Crippen LogP contribution in [0.15, 0.2) is 0 Å². The Labute approximate surface area is 151 Å². The van der Waals surface area contributed by atoms with Crippen LogP contribution in [-0.4, -0.2) is 34.9 Å². The highest BCUT2D eigenvalue weighted by Crippen LogP contribution is 2.63. The average Bonchev–Trinajstić information content (AvgIpc) is 2.75. The Bertz CT molecular complexity index is 560. The second-order valence-electron chi connectivity index (χ2n) is 7.99. The summed E-state index contributed by atoms with van der Waals surface area (Å²) in [4.78, 5) is 11.9. The summed E-state index contributed by atoms with van der Waals surface area (Å²) in [6.07, 6.45) is 8.32. The lowest BCUT2D eigenvalue weighted by atomic mass is 9.58. The Kier molecular flexibility index (Phi) is 4.08. The summed E-state index contributed by atoms with van der Waals surface area (Å²) in [5.74, 6) is 2.76. The Morgan fingerprint density at radius 1 is 1.25 bits per heavy atom. The van der Waals surface area contributed by atoms with Crippen molar-refractivity contribution in [1.82, 2.24) is 0 Å². The van der Waals surface area contributed by atoms with Crippen molar-refractivity contribution in [3.05, 3.63) is 0 Å². The third kappa shape index (κ3) is 2.26. The van der Waals surface area contributed by atoms with Crippen molar-refractivity contribution in [2.45, 2.75) is 74.7 Å². The minimum atomic E-state index is -0.770. The standard InChI is InChI=1S/C18H25BrO5/c1-5-10-20-14-17(4,19)13-7-6-11(2)12-8-9-16(3)22-15(21-14)18(12,13)24-23-16/h1,11-15H,6-10H2,2-4H3/t11-,12+,13+,14+,15-,16-,17?,18-/m1/s1. The van der Waals surface area contributed by atoms with Crippen LogP contribution in [0.2, 0.25) is 0 Å². The van der Waals surface area contributed by atoms with Crippen LogP contribution >= 0.6 is 15.9 Å². The first-order valence-electron chi connectivity index (χ1n) is 8.77. The van der Waals surface area contributed by atoms with Gasteiger partial charge in [0.1, 0.15) is 6.61 Å². The van der Waals surface area contributed by atoms with Crippen LogP contribution in [-0.2, 0) is 24.0 Å². The highest BCUT2D eigenvalue weighted by atomic mass is 79.9. The van der Waals surface area contributed by atoms with Gasteiger partial charge in [0.2, 0.25) is 5.79 Å².